The highest BCUT2D eigenvalue weighted by atomic mass is 16.5. The maximum atomic E-state index is 12.1. The van der Waals surface area contributed by atoms with Gasteiger partial charge in [-0.15, -0.1) is 0 Å². The molecular weight excluding hydrogens is 292 g/mol. The lowest BCUT2D eigenvalue weighted by Gasteiger charge is -2.21. The molecule has 2 aromatic carbocycles. The molecular formula is C19H18O4. The minimum Gasteiger partial charge on any atom is -0.464 e. The van der Waals surface area contributed by atoms with Gasteiger partial charge in [0.2, 0.25) is 0 Å². The summed E-state index contributed by atoms with van der Waals surface area (Å²) in [6, 6.07) is 15.2. The van der Waals surface area contributed by atoms with E-state index in [0.29, 0.717) is 11.1 Å². The average Bonchev–Trinajstić information content (AvgIpc) is 2.99. The van der Waals surface area contributed by atoms with E-state index in [-0.39, 0.29) is 6.61 Å². The van der Waals surface area contributed by atoms with Crippen molar-refractivity contribution in [3.63, 3.8) is 0 Å². The maximum Gasteiger partial charge on any atom is 0.342 e. The second kappa shape index (κ2) is 5.89. The summed E-state index contributed by atoms with van der Waals surface area (Å²) in [5.41, 5.74) is 1.06. The third kappa shape index (κ3) is 2.62. The fourth-order valence-electron chi connectivity index (χ4n) is 2.66. The van der Waals surface area contributed by atoms with Crippen molar-refractivity contribution in [2.75, 3.05) is 6.61 Å². The van der Waals surface area contributed by atoms with Gasteiger partial charge in [-0.1, -0.05) is 48.5 Å². The van der Waals surface area contributed by atoms with Crippen molar-refractivity contribution in [1.29, 1.82) is 0 Å². The first-order chi connectivity index (χ1) is 11.1. The number of para-hydroxylation sites is 1. The van der Waals surface area contributed by atoms with Crippen LogP contribution in [0.2, 0.25) is 0 Å². The molecule has 4 nitrogen and oxygen atoms in total. The number of esters is 1. The van der Waals surface area contributed by atoms with Crippen molar-refractivity contribution >= 4 is 16.9 Å². The Hall–Kier alpha value is -2.59. The minimum atomic E-state index is -1.76. The van der Waals surface area contributed by atoms with Gasteiger partial charge in [0.1, 0.15) is 5.58 Å². The lowest BCUT2D eigenvalue weighted by Crippen LogP contribution is -2.34. The van der Waals surface area contributed by atoms with Crippen LogP contribution in [0.25, 0.3) is 22.1 Å². The molecule has 3 rings (SSSR count). The Kier molecular flexibility index (Phi) is 3.92. The van der Waals surface area contributed by atoms with E-state index in [0.717, 1.165) is 16.5 Å². The van der Waals surface area contributed by atoms with E-state index in [9.17, 15) is 9.90 Å². The predicted octanol–water partition coefficient (Wildman–Crippen LogP) is 3.87. The number of hydrogen-bond acceptors (Lipinski definition) is 4. The van der Waals surface area contributed by atoms with Gasteiger partial charge in [0.15, 0.2) is 5.60 Å². The van der Waals surface area contributed by atoms with Crippen LogP contribution in [0, 0.1) is 0 Å². The Balaban J connectivity index is 2.15. The molecule has 0 bridgehead atoms. The van der Waals surface area contributed by atoms with Crippen LogP contribution < -0.4 is 0 Å². The molecule has 0 radical (unpaired) electrons. The highest BCUT2D eigenvalue weighted by molar-refractivity contribution is 5.98. The largest absolute Gasteiger partial charge is 0.464 e. The van der Waals surface area contributed by atoms with Crippen LogP contribution in [0.15, 0.2) is 59.2 Å². The molecule has 0 saturated carbocycles. The fraction of sp³-hybridized carbons (Fsp3) is 0.211. The van der Waals surface area contributed by atoms with Crippen LogP contribution in [-0.4, -0.2) is 17.7 Å². The third-order valence-corrected chi connectivity index (χ3v) is 3.88. The first-order valence-electron chi connectivity index (χ1n) is 7.51. The minimum absolute atomic E-state index is 0.207. The highest BCUT2D eigenvalue weighted by Crippen LogP contribution is 2.36. The molecule has 0 fully saturated rings. The zero-order valence-corrected chi connectivity index (χ0v) is 13.1. The normalized spacial score (nSPS) is 13.7. The molecule has 1 N–H and O–H groups in total. The number of carbonyl (C=O) groups is 1. The molecule has 0 saturated heterocycles. The summed E-state index contributed by atoms with van der Waals surface area (Å²) in [6.07, 6.45) is 1.64. The van der Waals surface area contributed by atoms with E-state index in [1.54, 1.807) is 25.3 Å². The maximum absolute atomic E-state index is 12.1. The number of ether oxygens (including phenoxy) is 1. The number of aliphatic hydroxyl groups is 1. The number of benzene rings is 2. The summed E-state index contributed by atoms with van der Waals surface area (Å²) >= 11 is 0. The predicted molar refractivity (Wildman–Crippen MR) is 87.9 cm³/mol. The zero-order chi connectivity index (χ0) is 16.4. The first kappa shape index (κ1) is 15.3. The summed E-state index contributed by atoms with van der Waals surface area (Å²) in [6.45, 7) is 3.33. The summed E-state index contributed by atoms with van der Waals surface area (Å²) < 4.78 is 10.7. The van der Waals surface area contributed by atoms with Crippen LogP contribution in [0.5, 0.6) is 0 Å². The Bertz CT molecular complexity index is 831. The molecule has 0 spiro atoms. The van der Waals surface area contributed by atoms with Crippen LogP contribution in [-0.2, 0) is 15.1 Å². The molecule has 1 aromatic heterocycles. The number of carbonyl (C=O) groups excluding carboxylic acids is 1. The molecule has 0 aliphatic carbocycles. The molecule has 0 aliphatic heterocycles. The fourth-order valence-corrected chi connectivity index (χ4v) is 2.66. The number of fused-ring (bicyclic) bond motifs is 1. The third-order valence-electron chi connectivity index (χ3n) is 3.88. The summed E-state index contributed by atoms with van der Waals surface area (Å²) in [5.74, 6) is -0.690. The standard InChI is InChI=1S/C19H18O4/c1-3-22-18(20)19(2,21)16-11-7-10-14-15(12-23-17(14)16)13-8-5-4-6-9-13/h4-12,21H,3H2,1-2H3. The van der Waals surface area contributed by atoms with E-state index >= 15 is 0 Å². The Morgan fingerprint density at radius 2 is 1.91 bits per heavy atom. The number of furan rings is 1. The van der Waals surface area contributed by atoms with Crippen molar-refractivity contribution in [1.82, 2.24) is 0 Å². The SMILES string of the molecule is CCOC(=O)C(C)(O)c1cccc2c(-c3ccccc3)coc12. The average molecular weight is 310 g/mol. The quantitative estimate of drug-likeness (QED) is 0.743. The van der Waals surface area contributed by atoms with Gasteiger partial charge in [-0.05, 0) is 19.4 Å². The topological polar surface area (TPSA) is 59.7 Å². The lowest BCUT2D eigenvalue weighted by atomic mass is 9.93. The molecule has 23 heavy (non-hydrogen) atoms. The van der Waals surface area contributed by atoms with E-state index in [1.165, 1.54) is 6.92 Å². The van der Waals surface area contributed by atoms with Gasteiger partial charge in [-0.2, -0.15) is 0 Å². The van der Waals surface area contributed by atoms with Gasteiger partial charge >= 0.3 is 5.97 Å². The van der Waals surface area contributed by atoms with Crippen molar-refractivity contribution in [2.45, 2.75) is 19.4 Å². The second-order valence-corrected chi connectivity index (χ2v) is 5.49. The monoisotopic (exact) mass is 310 g/mol. The molecule has 1 heterocycles. The summed E-state index contributed by atoms with van der Waals surface area (Å²) in [7, 11) is 0. The molecule has 0 aliphatic rings. The molecule has 3 aromatic rings. The van der Waals surface area contributed by atoms with Gasteiger partial charge in [0.25, 0.3) is 0 Å². The summed E-state index contributed by atoms with van der Waals surface area (Å²) in [5, 5.41) is 11.5. The van der Waals surface area contributed by atoms with Crippen LogP contribution >= 0.6 is 0 Å². The highest BCUT2D eigenvalue weighted by Gasteiger charge is 2.37. The zero-order valence-electron chi connectivity index (χ0n) is 13.1. The van der Waals surface area contributed by atoms with E-state index in [2.05, 4.69) is 0 Å². The van der Waals surface area contributed by atoms with Gasteiger partial charge in [0, 0.05) is 16.5 Å². The first-order valence-corrected chi connectivity index (χ1v) is 7.51. The number of hydrogen-bond donors (Lipinski definition) is 1. The molecule has 1 unspecified atom stereocenters. The Labute approximate surface area is 134 Å². The van der Waals surface area contributed by atoms with Crippen LogP contribution in [0.4, 0.5) is 0 Å². The van der Waals surface area contributed by atoms with Crippen LogP contribution in [0.1, 0.15) is 19.4 Å². The lowest BCUT2D eigenvalue weighted by molar-refractivity contribution is -0.164. The molecule has 0 amide bonds. The van der Waals surface area contributed by atoms with Crippen molar-refractivity contribution in [2.24, 2.45) is 0 Å². The van der Waals surface area contributed by atoms with Gasteiger partial charge in [-0.25, -0.2) is 4.79 Å². The van der Waals surface area contributed by atoms with E-state index in [1.807, 2.05) is 36.4 Å². The molecule has 4 heteroatoms. The van der Waals surface area contributed by atoms with Crippen molar-refractivity contribution in [3.05, 3.63) is 60.4 Å². The second-order valence-electron chi connectivity index (χ2n) is 5.49. The Morgan fingerprint density at radius 1 is 1.17 bits per heavy atom. The van der Waals surface area contributed by atoms with Crippen molar-refractivity contribution in [3.8, 4) is 11.1 Å². The van der Waals surface area contributed by atoms with Gasteiger partial charge < -0.3 is 14.3 Å². The smallest absolute Gasteiger partial charge is 0.342 e. The van der Waals surface area contributed by atoms with Crippen molar-refractivity contribution < 1.29 is 19.1 Å². The van der Waals surface area contributed by atoms with Gasteiger partial charge in [0.05, 0.1) is 12.9 Å². The van der Waals surface area contributed by atoms with Gasteiger partial charge in [-0.3, -0.25) is 0 Å². The van der Waals surface area contributed by atoms with Crippen LogP contribution in [0.3, 0.4) is 0 Å². The number of rotatable bonds is 4. The summed E-state index contributed by atoms with van der Waals surface area (Å²) in [4.78, 5) is 12.1. The van der Waals surface area contributed by atoms with E-state index < -0.39 is 11.6 Å². The molecule has 118 valence electrons. The molecule has 1 atom stereocenters. The van der Waals surface area contributed by atoms with E-state index in [4.69, 9.17) is 9.15 Å². The Morgan fingerprint density at radius 3 is 2.61 bits per heavy atom.